The van der Waals surface area contributed by atoms with E-state index in [1.54, 1.807) is 36.0 Å². The topological polar surface area (TPSA) is 53.2 Å². The van der Waals surface area contributed by atoms with Crippen molar-refractivity contribution >= 4 is 23.5 Å². The number of amides is 1. The standard InChI is InChI=1S/C16H18N2O2S/c1-11(19)13-8-15(17-9-13)16(20)18(2)10-12-4-6-14(21-3)7-5-12/h4-9,17H,10H2,1-3H3. The second-order valence-corrected chi connectivity index (χ2v) is 5.75. The Balaban J connectivity index is 2.05. The van der Waals surface area contributed by atoms with Gasteiger partial charge in [-0.1, -0.05) is 12.1 Å². The molecule has 0 aliphatic carbocycles. The smallest absolute Gasteiger partial charge is 0.270 e. The number of carbonyl (C=O) groups is 2. The molecule has 1 aromatic heterocycles. The number of H-pyrrole nitrogens is 1. The number of nitrogens with zero attached hydrogens (tertiary/aromatic N) is 1. The third-order valence-electron chi connectivity index (χ3n) is 3.25. The molecule has 0 aliphatic rings. The molecule has 0 radical (unpaired) electrons. The molecule has 1 aromatic carbocycles. The zero-order valence-corrected chi connectivity index (χ0v) is 13.2. The SMILES string of the molecule is CSc1ccc(CN(C)C(=O)c2cc(C(C)=O)c[nH]2)cc1. The summed E-state index contributed by atoms with van der Waals surface area (Å²) in [5.74, 6) is -0.183. The molecule has 0 unspecified atom stereocenters. The predicted octanol–water partition coefficient (Wildman–Crippen LogP) is 3.21. The van der Waals surface area contributed by atoms with Gasteiger partial charge in [-0.15, -0.1) is 11.8 Å². The molecule has 0 saturated heterocycles. The maximum absolute atomic E-state index is 12.3. The summed E-state index contributed by atoms with van der Waals surface area (Å²) in [6.07, 6.45) is 3.60. The van der Waals surface area contributed by atoms with E-state index >= 15 is 0 Å². The second kappa shape index (κ2) is 6.63. The fourth-order valence-electron chi connectivity index (χ4n) is 2.00. The van der Waals surface area contributed by atoms with E-state index in [4.69, 9.17) is 0 Å². The quantitative estimate of drug-likeness (QED) is 0.681. The van der Waals surface area contributed by atoms with Crippen LogP contribution in [0.4, 0.5) is 0 Å². The van der Waals surface area contributed by atoms with E-state index in [1.165, 1.54) is 11.8 Å². The summed E-state index contributed by atoms with van der Waals surface area (Å²) in [5.41, 5.74) is 2.03. The Labute approximate surface area is 128 Å². The molecule has 1 heterocycles. The average Bonchev–Trinajstić information content (AvgIpc) is 2.97. The Hall–Kier alpha value is -2.01. The molecular weight excluding hydrogens is 284 g/mol. The number of aromatic nitrogens is 1. The number of thioether (sulfide) groups is 1. The number of nitrogens with one attached hydrogen (secondary N) is 1. The summed E-state index contributed by atoms with van der Waals surface area (Å²) < 4.78 is 0. The highest BCUT2D eigenvalue weighted by Gasteiger charge is 2.15. The van der Waals surface area contributed by atoms with Crippen molar-refractivity contribution in [1.82, 2.24) is 9.88 Å². The van der Waals surface area contributed by atoms with E-state index < -0.39 is 0 Å². The summed E-state index contributed by atoms with van der Waals surface area (Å²) in [4.78, 5) is 29.2. The van der Waals surface area contributed by atoms with Crippen LogP contribution < -0.4 is 0 Å². The van der Waals surface area contributed by atoms with Crippen LogP contribution in [-0.4, -0.2) is 34.9 Å². The molecule has 21 heavy (non-hydrogen) atoms. The lowest BCUT2D eigenvalue weighted by Crippen LogP contribution is -2.26. The largest absolute Gasteiger partial charge is 0.356 e. The maximum atomic E-state index is 12.3. The number of benzene rings is 1. The van der Waals surface area contributed by atoms with Crippen molar-refractivity contribution in [3.8, 4) is 0 Å². The molecule has 0 spiro atoms. The average molecular weight is 302 g/mol. The van der Waals surface area contributed by atoms with Crippen molar-refractivity contribution in [2.75, 3.05) is 13.3 Å². The lowest BCUT2D eigenvalue weighted by atomic mass is 10.2. The summed E-state index contributed by atoms with van der Waals surface area (Å²) in [5, 5.41) is 0. The van der Waals surface area contributed by atoms with Crippen molar-refractivity contribution in [3.05, 3.63) is 53.3 Å². The first-order chi connectivity index (χ1) is 10.0. The van der Waals surface area contributed by atoms with Crippen LogP contribution in [0.25, 0.3) is 0 Å². The summed E-state index contributed by atoms with van der Waals surface area (Å²) in [7, 11) is 1.75. The number of Topliss-reactive ketones (excluding diaryl/α,β-unsaturated/α-hetero) is 1. The van der Waals surface area contributed by atoms with Gasteiger partial charge in [-0.2, -0.15) is 0 Å². The molecule has 0 aliphatic heterocycles. The molecule has 5 heteroatoms. The van der Waals surface area contributed by atoms with Gasteiger partial charge in [0.15, 0.2) is 5.78 Å². The van der Waals surface area contributed by atoms with E-state index in [2.05, 4.69) is 4.98 Å². The van der Waals surface area contributed by atoms with E-state index in [0.717, 1.165) is 5.56 Å². The van der Waals surface area contributed by atoms with Gasteiger partial charge in [-0.05, 0) is 36.9 Å². The van der Waals surface area contributed by atoms with Gasteiger partial charge < -0.3 is 9.88 Å². The highest BCUT2D eigenvalue weighted by molar-refractivity contribution is 7.98. The van der Waals surface area contributed by atoms with Crippen molar-refractivity contribution in [2.24, 2.45) is 0 Å². The minimum Gasteiger partial charge on any atom is -0.356 e. The van der Waals surface area contributed by atoms with Gasteiger partial charge in [0.05, 0.1) is 0 Å². The van der Waals surface area contributed by atoms with Crippen LogP contribution in [0.2, 0.25) is 0 Å². The van der Waals surface area contributed by atoms with Crippen LogP contribution in [0.3, 0.4) is 0 Å². The summed E-state index contributed by atoms with van der Waals surface area (Å²) >= 11 is 1.69. The molecule has 0 fully saturated rings. The van der Waals surface area contributed by atoms with Crippen molar-refractivity contribution in [1.29, 1.82) is 0 Å². The van der Waals surface area contributed by atoms with Gasteiger partial charge >= 0.3 is 0 Å². The normalized spacial score (nSPS) is 10.4. The second-order valence-electron chi connectivity index (χ2n) is 4.87. The number of ketones is 1. The number of hydrogen-bond donors (Lipinski definition) is 1. The molecule has 0 atom stereocenters. The highest BCUT2D eigenvalue weighted by Crippen LogP contribution is 2.16. The lowest BCUT2D eigenvalue weighted by Gasteiger charge is -2.16. The third kappa shape index (κ3) is 3.76. The minimum absolute atomic E-state index is 0.0550. The Morgan fingerprint density at radius 3 is 2.43 bits per heavy atom. The highest BCUT2D eigenvalue weighted by atomic mass is 32.2. The minimum atomic E-state index is -0.128. The maximum Gasteiger partial charge on any atom is 0.270 e. The van der Waals surface area contributed by atoms with Crippen LogP contribution in [0.15, 0.2) is 41.4 Å². The molecule has 2 aromatic rings. The molecule has 1 amide bonds. The molecule has 110 valence electrons. The van der Waals surface area contributed by atoms with Crippen LogP contribution >= 0.6 is 11.8 Å². The van der Waals surface area contributed by atoms with Crippen molar-refractivity contribution in [3.63, 3.8) is 0 Å². The van der Waals surface area contributed by atoms with E-state index in [-0.39, 0.29) is 11.7 Å². The van der Waals surface area contributed by atoms with Crippen molar-refractivity contribution in [2.45, 2.75) is 18.4 Å². The Morgan fingerprint density at radius 2 is 1.90 bits per heavy atom. The van der Waals surface area contributed by atoms with Gasteiger partial charge in [0, 0.05) is 30.2 Å². The van der Waals surface area contributed by atoms with Gasteiger partial charge in [-0.25, -0.2) is 0 Å². The Kier molecular flexibility index (Phi) is 4.85. The molecule has 0 bridgehead atoms. The molecular formula is C16H18N2O2S. The van der Waals surface area contributed by atoms with E-state index in [0.29, 0.717) is 17.8 Å². The Morgan fingerprint density at radius 1 is 1.24 bits per heavy atom. The summed E-state index contributed by atoms with van der Waals surface area (Å²) in [6.45, 7) is 2.01. The van der Waals surface area contributed by atoms with Crippen molar-refractivity contribution < 1.29 is 9.59 Å². The molecule has 2 rings (SSSR count). The zero-order valence-electron chi connectivity index (χ0n) is 12.3. The summed E-state index contributed by atoms with van der Waals surface area (Å²) in [6, 6.07) is 9.72. The van der Waals surface area contributed by atoms with E-state index in [9.17, 15) is 9.59 Å². The first-order valence-electron chi connectivity index (χ1n) is 6.59. The lowest BCUT2D eigenvalue weighted by molar-refractivity contribution is 0.0780. The fourth-order valence-corrected chi connectivity index (χ4v) is 2.41. The molecule has 0 saturated carbocycles. The van der Waals surface area contributed by atoms with Crippen LogP contribution in [0, 0.1) is 0 Å². The van der Waals surface area contributed by atoms with E-state index in [1.807, 2.05) is 30.5 Å². The number of carbonyl (C=O) groups excluding carboxylic acids is 2. The molecule has 4 nitrogen and oxygen atoms in total. The first kappa shape index (κ1) is 15.4. The molecule has 1 N–H and O–H groups in total. The number of rotatable bonds is 5. The van der Waals surface area contributed by atoms with Crippen LogP contribution in [-0.2, 0) is 6.54 Å². The van der Waals surface area contributed by atoms with Gasteiger partial charge in [0.1, 0.15) is 5.69 Å². The predicted molar refractivity (Wildman–Crippen MR) is 84.8 cm³/mol. The van der Waals surface area contributed by atoms with Gasteiger partial charge in [-0.3, -0.25) is 9.59 Å². The third-order valence-corrected chi connectivity index (χ3v) is 3.99. The fraction of sp³-hybridized carbons (Fsp3) is 0.250. The zero-order chi connectivity index (χ0) is 15.4. The van der Waals surface area contributed by atoms with Gasteiger partial charge in [0.25, 0.3) is 5.91 Å². The monoisotopic (exact) mass is 302 g/mol. The first-order valence-corrected chi connectivity index (χ1v) is 7.81. The number of aromatic amines is 1. The Bertz CT molecular complexity index is 647. The van der Waals surface area contributed by atoms with Gasteiger partial charge in [0.2, 0.25) is 0 Å². The number of hydrogen-bond acceptors (Lipinski definition) is 3. The van der Waals surface area contributed by atoms with Crippen LogP contribution in [0.1, 0.15) is 33.3 Å². The van der Waals surface area contributed by atoms with Crippen LogP contribution in [0.5, 0.6) is 0 Å².